The number of likely N-dealkylation sites (N-methyl/N-ethyl adjacent to an activating group) is 1. The van der Waals surface area contributed by atoms with Crippen molar-refractivity contribution in [3.05, 3.63) is 0 Å². The number of carbonyl (C=O) groups is 1. The summed E-state index contributed by atoms with van der Waals surface area (Å²) in [5.41, 5.74) is -0.558. The summed E-state index contributed by atoms with van der Waals surface area (Å²) in [6.45, 7) is 7.47. The van der Waals surface area contributed by atoms with Crippen molar-refractivity contribution in [2.75, 3.05) is 46.7 Å². The molecule has 0 spiro atoms. The Morgan fingerprint density at radius 1 is 0.938 bits per heavy atom. The number of ether oxygens (including phenoxy) is 5. The number of aliphatic hydroxyl groups excluding tert-OH is 2. The first-order valence-electron chi connectivity index (χ1n) is 11.6. The van der Waals surface area contributed by atoms with Crippen LogP contribution in [-0.2, 0) is 23.7 Å². The normalized spacial score (nSPS) is 23.4. The summed E-state index contributed by atoms with van der Waals surface area (Å²) in [4.78, 5) is 11.5. The standard InChI is InChI=1S/C13H25NO5.C9H19NO3/c1-13(2,3)19-12(16)14-10(8-15)9-18-11-6-4-5-7-17-11;1-10-8(6-11)7-13-9-4-2-3-5-12-9/h10-11,15H,4-9H2,1-3H3,(H,14,16);8-11H,2-7H2,1H3/t10-,11?;8-,9?/m11/s1. The molecule has 2 aliphatic rings. The predicted octanol–water partition coefficient (Wildman–Crippen LogP) is 1.53. The Kier molecular flexibility index (Phi) is 15.0. The Labute approximate surface area is 192 Å². The Hall–Kier alpha value is -1.01. The smallest absolute Gasteiger partial charge is 0.408 e. The lowest BCUT2D eigenvalue weighted by molar-refractivity contribution is -0.167. The molecule has 2 fully saturated rings. The van der Waals surface area contributed by atoms with Crippen LogP contribution >= 0.6 is 0 Å². The number of hydrogen-bond donors (Lipinski definition) is 4. The van der Waals surface area contributed by atoms with Gasteiger partial charge in [0.1, 0.15) is 5.60 Å². The van der Waals surface area contributed by atoms with Gasteiger partial charge in [-0.2, -0.15) is 0 Å². The second-order valence-electron chi connectivity index (χ2n) is 8.95. The average molecular weight is 465 g/mol. The van der Waals surface area contributed by atoms with E-state index in [4.69, 9.17) is 28.8 Å². The van der Waals surface area contributed by atoms with Gasteiger partial charge in [-0.1, -0.05) is 0 Å². The van der Waals surface area contributed by atoms with Crippen molar-refractivity contribution in [1.82, 2.24) is 10.6 Å². The van der Waals surface area contributed by atoms with Gasteiger partial charge in [-0.25, -0.2) is 4.79 Å². The molecule has 0 radical (unpaired) electrons. The summed E-state index contributed by atoms with van der Waals surface area (Å²) in [6, 6.07) is -0.467. The molecule has 0 saturated carbocycles. The minimum atomic E-state index is -0.558. The van der Waals surface area contributed by atoms with E-state index in [-0.39, 0.29) is 38.4 Å². The van der Waals surface area contributed by atoms with Crippen molar-refractivity contribution in [2.24, 2.45) is 0 Å². The van der Waals surface area contributed by atoms with E-state index in [1.54, 1.807) is 20.8 Å². The fourth-order valence-electron chi connectivity index (χ4n) is 2.97. The molecule has 0 bridgehead atoms. The van der Waals surface area contributed by atoms with Crippen LogP contribution in [0, 0.1) is 0 Å². The van der Waals surface area contributed by atoms with Gasteiger partial charge in [-0.15, -0.1) is 0 Å². The fourth-order valence-corrected chi connectivity index (χ4v) is 2.97. The summed E-state index contributed by atoms with van der Waals surface area (Å²) in [5.74, 6) is 0. The largest absolute Gasteiger partial charge is 0.444 e. The molecule has 10 nitrogen and oxygen atoms in total. The molecule has 4 N–H and O–H groups in total. The first-order chi connectivity index (χ1) is 15.3. The van der Waals surface area contributed by atoms with Crippen LogP contribution in [0.2, 0.25) is 0 Å². The van der Waals surface area contributed by atoms with Crippen molar-refractivity contribution in [3.63, 3.8) is 0 Å². The van der Waals surface area contributed by atoms with Gasteiger partial charge in [0.25, 0.3) is 0 Å². The van der Waals surface area contributed by atoms with Crippen molar-refractivity contribution in [1.29, 1.82) is 0 Å². The summed E-state index contributed by atoms with van der Waals surface area (Å²) < 4.78 is 26.9. The van der Waals surface area contributed by atoms with E-state index in [2.05, 4.69) is 10.6 Å². The van der Waals surface area contributed by atoms with E-state index in [0.29, 0.717) is 13.2 Å². The molecule has 2 rings (SSSR count). The van der Waals surface area contributed by atoms with Crippen LogP contribution in [0.4, 0.5) is 4.79 Å². The average Bonchev–Trinajstić information content (AvgIpc) is 2.78. The highest BCUT2D eigenvalue weighted by Crippen LogP contribution is 2.14. The summed E-state index contributed by atoms with van der Waals surface area (Å²) in [6.07, 6.45) is 5.42. The van der Waals surface area contributed by atoms with E-state index < -0.39 is 17.7 Å². The third-order valence-electron chi connectivity index (χ3n) is 4.81. The molecule has 0 aromatic rings. The molecule has 0 aliphatic carbocycles. The molecule has 190 valence electrons. The van der Waals surface area contributed by atoms with Gasteiger partial charge in [0.2, 0.25) is 0 Å². The number of hydrogen-bond acceptors (Lipinski definition) is 9. The summed E-state index contributed by atoms with van der Waals surface area (Å²) in [7, 11) is 1.81. The minimum absolute atomic E-state index is 0.0190. The van der Waals surface area contributed by atoms with Crippen molar-refractivity contribution in [3.8, 4) is 0 Å². The number of amides is 1. The summed E-state index contributed by atoms with van der Waals surface area (Å²) in [5, 5.41) is 23.6. The molecule has 2 aliphatic heterocycles. The van der Waals surface area contributed by atoms with Crippen LogP contribution in [0.15, 0.2) is 0 Å². The van der Waals surface area contributed by atoms with E-state index in [1.165, 1.54) is 6.42 Å². The molecule has 1 amide bonds. The molecular formula is C22H44N2O8. The number of aliphatic hydroxyl groups is 2. The van der Waals surface area contributed by atoms with Crippen LogP contribution < -0.4 is 10.6 Å². The van der Waals surface area contributed by atoms with Crippen molar-refractivity contribution >= 4 is 6.09 Å². The van der Waals surface area contributed by atoms with E-state index in [1.807, 2.05) is 7.05 Å². The maximum absolute atomic E-state index is 11.5. The zero-order valence-corrected chi connectivity index (χ0v) is 20.1. The van der Waals surface area contributed by atoms with Crippen LogP contribution in [0.25, 0.3) is 0 Å². The lowest BCUT2D eigenvalue weighted by Gasteiger charge is -2.26. The zero-order chi connectivity index (χ0) is 23.8. The van der Waals surface area contributed by atoms with Gasteiger partial charge in [0, 0.05) is 13.2 Å². The maximum atomic E-state index is 11.5. The first kappa shape index (κ1) is 29.0. The summed E-state index contributed by atoms with van der Waals surface area (Å²) >= 11 is 0. The Bertz CT molecular complexity index is 473. The van der Waals surface area contributed by atoms with E-state index >= 15 is 0 Å². The van der Waals surface area contributed by atoms with Gasteiger partial charge in [0.15, 0.2) is 12.6 Å². The van der Waals surface area contributed by atoms with Gasteiger partial charge in [-0.3, -0.25) is 0 Å². The third-order valence-corrected chi connectivity index (χ3v) is 4.81. The Morgan fingerprint density at radius 2 is 1.44 bits per heavy atom. The molecule has 0 aromatic carbocycles. The predicted molar refractivity (Wildman–Crippen MR) is 119 cm³/mol. The molecule has 4 atom stereocenters. The fraction of sp³-hybridized carbons (Fsp3) is 0.955. The van der Waals surface area contributed by atoms with Crippen molar-refractivity contribution < 1.29 is 38.7 Å². The molecule has 2 unspecified atom stereocenters. The molecule has 2 heterocycles. The zero-order valence-electron chi connectivity index (χ0n) is 20.1. The number of alkyl carbamates (subject to hydrolysis) is 1. The van der Waals surface area contributed by atoms with Crippen LogP contribution in [-0.4, -0.2) is 93.3 Å². The second-order valence-corrected chi connectivity index (χ2v) is 8.95. The third kappa shape index (κ3) is 14.2. The van der Waals surface area contributed by atoms with Crippen LogP contribution in [0.3, 0.4) is 0 Å². The monoisotopic (exact) mass is 464 g/mol. The second kappa shape index (κ2) is 16.6. The molecular weight excluding hydrogens is 420 g/mol. The molecule has 0 aromatic heterocycles. The topological polar surface area (TPSA) is 128 Å². The van der Waals surface area contributed by atoms with Gasteiger partial charge >= 0.3 is 6.09 Å². The van der Waals surface area contributed by atoms with Crippen molar-refractivity contribution in [2.45, 2.75) is 89.6 Å². The van der Waals surface area contributed by atoms with Crippen LogP contribution in [0.1, 0.15) is 59.3 Å². The Balaban J connectivity index is 0.000000343. The number of rotatable bonds is 10. The Morgan fingerprint density at radius 3 is 1.81 bits per heavy atom. The highest BCUT2D eigenvalue weighted by molar-refractivity contribution is 5.68. The van der Waals surface area contributed by atoms with Gasteiger partial charge in [-0.05, 0) is 66.3 Å². The number of carbonyl (C=O) groups excluding carboxylic acids is 1. The highest BCUT2D eigenvalue weighted by atomic mass is 16.7. The van der Waals surface area contributed by atoms with Gasteiger partial charge in [0.05, 0.1) is 38.5 Å². The van der Waals surface area contributed by atoms with E-state index in [9.17, 15) is 9.90 Å². The number of nitrogens with one attached hydrogen (secondary N) is 2. The van der Waals surface area contributed by atoms with E-state index in [0.717, 1.165) is 38.7 Å². The maximum Gasteiger partial charge on any atom is 0.408 e. The highest BCUT2D eigenvalue weighted by Gasteiger charge is 2.21. The molecule has 32 heavy (non-hydrogen) atoms. The minimum Gasteiger partial charge on any atom is -0.444 e. The quantitative estimate of drug-likeness (QED) is 0.380. The van der Waals surface area contributed by atoms with Gasteiger partial charge < -0.3 is 44.5 Å². The lowest BCUT2D eigenvalue weighted by Crippen LogP contribution is -2.44. The SMILES string of the molecule is CC(C)(C)OC(=O)N[C@H](CO)COC1CCCCO1.CN[C@H](CO)COC1CCCCO1. The lowest BCUT2D eigenvalue weighted by atomic mass is 10.2. The van der Waals surface area contributed by atoms with Crippen LogP contribution in [0.5, 0.6) is 0 Å². The first-order valence-corrected chi connectivity index (χ1v) is 11.6. The molecule has 10 heteroatoms. The molecule has 2 saturated heterocycles.